The molecule has 0 fully saturated rings. The molecule has 1 aromatic carbocycles. The van der Waals surface area contributed by atoms with Gasteiger partial charge in [-0.05, 0) is 54.1 Å². The fourth-order valence-electron chi connectivity index (χ4n) is 2.04. The smallest absolute Gasteiger partial charge is 0.122 e. The van der Waals surface area contributed by atoms with Crippen molar-refractivity contribution in [1.29, 1.82) is 0 Å². The molecule has 1 aromatic rings. The van der Waals surface area contributed by atoms with Gasteiger partial charge in [-0.2, -0.15) is 0 Å². The molecular weight excluding hydrogens is 250 g/mol. The Balaban J connectivity index is 0.00000289. The summed E-state index contributed by atoms with van der Waals surface area (Å²) in [6.45, 7) is 5.00. The maximum atomic E-state index is 9.42. The molecule has 0 atom stereocenters. The van der Waals surface area contributed by atoms with Gasteiger partial charge in [0, 0.05) is 0 Å². The minimum absolute atomic E-state index is 0. The zero-order chi connectivity index (χ0) is 12.8. The van der Waals surface area contributed by atoms with Crippen LogP contribution in [0.25, 0.3) is 0 Å². The molecule has 0 aliphatic rings. The number of methoxy groups -OCH3 is 1. The molecule has 18 heavy (non-hydrogen) atoms. The highest BCUT2D eigenvalue weighted by Gasteiger charge is 2.10. The number of hydrogen-bond acceptors (Lipinski definition) is 3. The van der Waals surface area contributed by atoms with E-state index in [1.807, 2.05) is 12.1 Å². The Morgan fingerprint density at radius 2 is 1.89 bits per heavy atom. The van der Waals surface area contributed by atoms with Crippen LogP contribution >= 0.6 is 12.4 Å². The van der Waals surface area contributed by atoms with E-state index in [9.17, 15) is 5.11 Å². The largest absolute Gasteiger partial charge is 0.496 e. The molecule has 0 aliphatic carbocycles. The van der Waals surface area contributed by atoms with E-state index in [-0.39, 0.29) is 19.0 Å². The molecule has 0 amide bonds. The average molecular weight is 274 g/mol. The normalized spacial score (nSPS) is 10.3. The van der Waals surface area contributed by atoms with E-state index in [0.717, 1.165) is 29.7 Å². The number of halogens is 1. The number of rotatable bonds is 6. The Morgan fingerprint density at radius 3 is 2.33 bits per heavy atom. The lowest BCUT2D eigenvalue weighted by molar-refractivity contribution is 0.279. The fourth-order valence-corrected chi connectivity index (χ4v) is 2.04. The minimum Gasteiger partial charge on any atom is -0.496 e. The van der Waals surface area contributed by atoms with Gasteiger partial charge in [0.1, 0.15) is 5.75 Å². The van der Waals surface area contributed by atoms with Gasteiger partial charge >= 0.3 is 0 Å². The zero-order valence-corrected chi connectivity index (χ0v) is 12.2. The first kappa shape index (κ1) is 17.2. The van der Waals surface area contributed by atoms with Crippen LogP contribution in [0.15, 0.2) is 12.1 Å². The number of ether oxygens (including phenoxy) is 1. The third kappa shape index (κ3) is 4.48. The number of benzene rings is 1. The molecule has 3 nitrogen and oxygen atoms in total. The van der Waals surface area contributed by atoms with Crippen molar-refractivity contribution in [2.75, 3.05) is 13.7 Å². The second kappa shape index (κ2) is 8.35. The van der Waals surface area contributed by atoms with E-state index < -0.39 is 0 Å². The number of nitrogens with two attached hydrogens (primary N) is 1. The molecule has 0 bridgehead atoms. The molecule has 0 radical (unpaired) electrons. The number of aliphatic hydroxyl groups is 1. The van der Waals surface area contributed by atoms with Crippen LogP contribution < -0.4 is 10.5 Å². The summed E-state index contributed by atoms with van der Waals surface area (Å²) < 4.78 is 5.38. The van der Waals surface area contributed by atoms with Gasteiger partial charge in [-0.1, -0.05) is 13.8 Å². The van der Waals surface area contributed by atoms with Gasteiger partial charge in [0.25, 0.3) is 0 Å². The van der Waals surface area contributed by atoms with E-state index in [4.69, 9.17) is 10.5 Å². The van der Waals surface area contributed by atoms with Crippen LogP contribution in [0.5, 0.6) is 5.75 Å². The summed E-state index contributed by atoms with van der Waals surface area (Å²) in [5, 5.41) is 9.42. The molecule has 0 saturated carbocycles. The lowest BCUT2D eigenvalue weighted by Crippen LogP contribution is -2.07. The topological polar surface area (TPSA) is 55.5 Å². The summed E-state index contributed by atoms with van der Waals surface area (Å²) in [7, 11) is 1.67. The standard InChI is InChI=1S/C14H23NO2.ClH/c1-10(2)6-12-8-14(17-3)11(4-5-15)7-13(12)9-16;/h7-8,10,16H,4-6,9,15H2,1-3H3;1H. The number of hydrogen-bond donors (Lipinski definition) is 2. The monoisotopic (exact) mass is 273 g/mol. The van der Waals surface area contributed by atoms with Crippen molar-refractivity contribution < 1.29 is 9.84 Å². The predicted molar refractivity (Wildman–Crippen MR) is 77.5 cm³/mol. The quantitative estimate of drug-likeness (QED) is 0.836. The van der Waals surface area contributed by atoms with Crippen LogP contribution in [-0.4, -0.2) is 18.8 Å². The van der Waals surface area contributed by atoms with Crippen LogP contribution in [0, 0.1) is 5.92 Å². The summed E-state index contributed by atoms with van der Waals surface area (Å²) in [5.74, 6) is 1.44. The second-order valence-electron chi connectivity index (χ2n) is 4.73. The molecule has 0 aliphatic heterocycles. The van der Waals surface area contributed by atoms with E-state index in [2.05, 4.69) is 13.8 Å². The van der Waals surface area contributed by atoms with Crippen molar-refractivity contribution in [3.8, 4) is 5.75 Å². The van der Waals surface area contributed by atoms with Gasteiger partial charge in [-0.3, -0.25) is 0 Å². The molecule has 0 saturated heterocycles. The predicted octanol–water partition coefficient (Wildman–Crippen LogP) is 2.31. The van der Waals surface area contributed by atoms with E-state index in [0.29, 0.717) is 12.5 Å². The first-order chi connectivity index (χ1) is 8.12. The van der Waals surface area contributed by atoms with Crippen LogP contribution in [-0.2, 0) is 19.4 Å². The zero-order valence-electron chi connectivity index (χ0n) is 11.4. The van der Waals surface area contributed by atoms with Crippen molar-refractivity contribution in [3.05, 3.63) is 28.8 Å². The summed E-state index contributed by atoms with van der Waals surface area (Å²) in [5.41, 5.74) is 8.81. The van der Waals surface area contributed by atoms with E-state index in [1.165, 1.54) is 5.56 Å². The summed E-state index contributed by atoms with van der Waals surface area (Å²) >= 11 is 0. The van der Waals surface area contributed by atoms with E-state index in [1.54, 1.807) is 7.11 Å². The Hall–Kier alpha value is -0.770. The molecule has 0 unspecified atom stereocenters. The van der Waals surface area contributed by atoms with E-state index >= 15 is 0 Å². The SMILES string of the molecule is COc1cc(CC(C)C)c(CO)cc1CCN.Cl. The lowest BCUT2D eigenvalue weighted by Gasteiger charge is -2.15. The lowest BCUT2D eigenvalue weighted by atomic mass is 9.95. The molecule has 0 spiro atoms. The van der Waals surface area contributed by atoms with Crippen LogP contribution in [0.2, 0.25) is 0 Å². The summed E-state index contributed by atoms with van der Waals surface area (Å²) in [6.07, 6.45) is 1.73. The molecule has 0 aromatic heterocycles. The maximum absolute atomic E-state index is 9.42. The van der Waals surface area contributed by atoms with Crippen molar-refractivity contribution in [1.82, 2.24) is 0 Å². The molecule has 3 N–H and O–H groups in total. The van der Waals surface area contributed by atoms with Crippen molar-refractivity contribution in [2.45, 2.75) is 33.3 Å². The average Bonchev–Trinajstić information content (AvgIpc) is 2.30. The Kier molecular flexibility index (Phi) is 8.00. The third-order valence-corrected chi connectivity index (χ3v) is 2.81. The van der Waals surface area contributed by atoms with Gasteiger partial charge in [-0.15, -0.1) is 12.4 Å². The minimum atomic E-state index is 0. The van der Waals surface area contributed by atoms with Gasteiger partial charge in [0.15, 0.2) is 0 Å². The first-order valence-corrected chi connectivity index (χ1v) is 6.12. The van der Waals surface area contributed by atoms with Crippen LogP contribution in [0.4, 0.5) is 0 Å². The summed E-state index contributed by atoms with van der Waals surface area (Å²) in [4.78, 5) is 0. The highest BCUT2D eigenvalue weighted by molar-refractivity contribution is 5.85. The van der Waals surface area contributed by atoms with Gasteiger partial charge < -0.3 is 15.6 Å². The molecule has 104 valence electrons. The highest BCUT2D eigenvalue weighted by atomic mass is 35.5. The maximum Gasteiger partial charge on any atom is 0.122 e. The molecule has 1 rings (SSSR count). The van der Waals surface area contributed by atoms with Crippen molar-refractivity contribution >= 4 is 12.4 Å². The third-order valence-electron chi connectivity index (χ3n) is 2.81. The Labute approximate surface area is 116 Å². The molecule has 4 heteroatoms. The Morgan fingerprint density at radius 1 is 1.22 bits per heavy atom. The van der Waals surface area contributed by atoms with Crippen LogP contribution in [0.1, 0.15) is 30.5 Å². The first-order valence-electron chi connectivity index (χ1n) is 6.12. The van der Waals surface area contributed by atoms with Crippen LogP contribution in [0.3, 0.4) is 0 Å². The fraction of sp³-hybridized carbons (Fsp3) is 0.571. The highest BCUT2D eigenvalue weighted by Crippen LogP contribution is 2.26. The van der Waals surface area contributed by atoms with Gasteiger partial charge in [0.2, 0.25) is 0 Å². The number of aliphatic hydroxyl groups excluding tert-OH is 1. The second-order valence-corrected chi connectivity index (χ2v) is 4.73. The van der Waals surface area contributed by atoms with Gasteiger partial charge in [-0.25, -0.2) is 0 Å². The Bertz CT molecular complexity index is 367. The van der Waals surface area contributed by atoms with Crippen molar-refractivity contribution in [3.63, 3.8) is 0 Å². The molecular formula is C14H24ClNO2. The van der Waals surface area contributed by atoms with Crippen molar-refractivity contribution in [2.24, 2.45) is 11.7 Å². The molecule has 0 heterocycles. The summed E-state index contributed by atoms with van der Waals surface area (Å²) in [6, 6.07) is 4.06. The van der Waals surface area contributed by atoms with Gasteiger partial charge in [0.05, 0.1) is 13.7 Å².